The van der Waals surface area contributed by atoms with Gasteiger partial charge in [-0.25, -0.2) is 0 Å². The summed E-state index contributed by atoms with van der Waals surface area (Å²) in [4.78, 5) is 0. The molecule has 4 nitrogen and oxygen atoms in total. The molecular weight excluding hydrogens is 284 g/mol. The van der Waals surface area contributed by atoms with Crippen LogP contribution in [0.4, 0.5) is 5.69 Å². The quantitative estimate of drug-likeness (QED) is 0.812. The van der Waals surface area contributed by atoms with Gasteiger partial charge < -0.3 is 20.1 Å². The van der Waals surface area contributed by atoms with E-state index in [0.29, 0.717) is 16.6 Å². The zero-order valence-corrected chi connectivity index (χ0v) is 13.8. The molecule has 0 radical (unpaired) electrons. The first-order valence-electron chi connectivity index (χ1n) is 7.43. The highest BCUT2D eigenvalue weighted by Gasteiger charge is 2.32. The van der Waals surface area contributed by atoms with Crippen LogP contribution in [0.2, 0.25) is 0 Å². The maximum Gasteiger partial charge on any atom is 0.171 e. The van der Waals surface area contributed by atoms with E-state index in [4.69, 9.17) is 21.7 Å². The van der Waals surface area contributed by atoms with Gasteiger partial charge in [0, 0.05) is 17.3 Å². The second-order valence-electron chi connectivity index (χ2n) is 5.49. The molecule has 1 saturated carbocycles. The van der Waals surface area contributed by atoms with Crippen LogP contribution in [0, 0.1) is 0 Å². The minimum absolute atomic E-state index is 0.167. The molecule has 0 amide bonds. The molecular formula is C16H24N2O2S. The lowest BCUT2D eigenvalue weighted by Crippen LogP contribution is -2.47. The van der Waals surface area contributed by atoms with Crippen molar-refractivity contribution in [1.29, 1.82) is 0 Å². The number of thiocarbonyl (C=S) groups is 1. The fourth-order valence-electron chi connectivity index (χ4n) is 2.94. The van der Waals surface area contributed by atoms with Gasteiger partial charge in [0.15, 0.2) is 16.6 Å². The third-order valence-electron chi connectivity index (χ3n) is 4.26. The van der Waals surface area contributed by atoms with Gasteiger partial charge in [0.25, 0.3) is 0 Å². The van der Waals surface area contributed by atoms with Crippen molar-refractivity contribution < 1.29 is 9.47 Å². The third-order valence-corrected chi connectivity index (χ3v) is 4.46. The smallest absolute Gasteiger partial charge is 0.171 e. The van der Waals surface area contributed by atoms with E-state index in [-0.39, 0.29) is 5.54 Å². The van der Waals surface area contributed by atoms with E-state index in [2.05, 4.69) is 17.6 Å². The van der Waals surface area contributed by atoms with Crippen molar-refractivity contribution in [2.75, 3.05) is 19.5 Å². The molecule has 0 spiro atoms. The van der Waals surface area contributed by atoms with Crippen molar-refractivity contribution >= 4 is 23.0 Å². The fourth-order valence-corrected chi connectivity index (χ4v) is 3.27. The Morgan fingerprint density at radius 1 is 1.19 bits per heavy atom. The first kappa shape index (κ1) is 15.9. The normalized spacial score (nSPS) is 16.3. The molecule has 1 fully saturated rings. The van der Waals surface area contributed by atoms with E-state index < -0.39 is 0 Å². The summed E-state index contributed by atoms with van der Waals surface area (Å²) in [6, 6.07) is 5.69. The molecule has 2 N–H and O–H groups in total. The van der Waals surface area contributed by atoms with Gasteiger partial charge in [0.05, 0.1) is 14.2 Å². The minimum atomic E-state index is 0.167. The van der Waals surface area contributed by atoms with Gasteiger partial charge in [-0.15, -0.1) is 0 Å². The Labute approximate surface area is 132 Å². The lowest BCUT2D eigenvalue weighted by molar-refractivity contribution is 0.355. The lowest BCUT2D eigenvalue weighted by Gasteiger charge is -2.30. The van der Waals surface area contributed by atoms with Gasteiger partial charge in [0.2, 0.25) is 0 Å². The van der Waals surface area contributed by atoms with Crippen LogP contribution in [0.15, 0.2) is 18.2 Å². The number of rotatable bonds is 5. The number of hydrogen-bond donors (Lipinski definition) is 2. The molecule has 1 aliphatic carbocycles. The van der Waals surface area contributed by atoms with Crippen LogP contribution in [-0.4, -0.2) is 24.9 Å². The molecule has 2 rings (SSSR count). The van der Waals surface area contributed by atoms with Crippen LogP contribution >= 0.6 is 12.2 Å². The van der Waals surface area contributed by atoms with Crippen LogP contribution in [0.1, 0.15) is 39.0 Å². The van der Waals surface area contributed by atoms with Crippen LogP contribution in [0.3, 0.4) is 0 Å². The Kier molecular flexibility index (Phi) is 5.28. The number of ether oxygens (including phenoxy) is 2. The number of anilines is 1. The summed E-state index contributed by atoms with van der Waals surface area (Å²) >= 11 is 5.46. The molecule has 21 heavy (non-hydrogen) atoms. The van der Waals surface area contributed by atoms with E-state index in [0.717, 1.165) is 12.1 Å². The summed E-state index contributed by atoms with van der Waals surface area (Å²) < 4.78 is 10.5. The Balaban J connectivity index is 2.02. The van der Waals surface area contributed by atoms with Gasteiger partial charge >= 0.3 is 0 Å². The molecule has 116 valence electrons. The Hall–Kier alpha value is -1.49. The highest BCUT2D eigenvalue weighted by Crippen LogP contribution is 2.33. The fraction of sp³-hybridized carbons (Fsp3) is 0.562. The molecule has 1 aromatic carbocycles. The summed E-state index contributed by atoms with van der Waals surface area (Å²) in [6.07, 6.45) is 6.04. The topological polar surface area (TPSA) is 42.5 Å². The highest BCUT2D eigenvalue weighted by molar-refractivity contribution is 7.80. The van der Waals surface area contributed by atoms with E-state index in [9.17, 15) is 0 Å². The van der Waals surface area contributed by atoms with Crippen molar-refractivity contribution in [2.24, 2.45) is 0 Å². The minimum Gasteiger partial charge on any atom is -0.493 e. The van der Waals surface area contributed by atoms with Crippen molar-refractivity contribution in [2.45, 2.75) is 44.6 Å². The Bertz CT molecular complexity index is 499. The summed E-state index contributed by atoms with van der Waals surface area (Å²) in [5.41, 5.74) is 1.06. The molecule has 1 aliphatic rings. The van der Waals surface area contributed by atoms with Gasteiger partial charge in [-0.2, -0.15) is 0 Å². The monoisotopic (exact) mass is 308 g/mol. The van der Waals surface area contributed by atoms with Crippen LogP contribution < -0.4 is 20.1 Å². The molecule has 0 aromatic heterocycles. The van der Waals surface area contributed by atoms with Crippen LogP contribution in [0.25, 0.3) is 0 Å². The number of methoxy groups -OCH3 is 2. The van der Waals surface area contributed by atoms with E-state index >= 15 is 0 Å². The SMILES string of the molecule is CCC1(NC(=S)Nc2ccc(OC)c(OC)c2)CCCC1. The second kappa shape index (κ2) is 6.98. The van der Waals surface area contributed by atoms with Gasteiger partial charge in [0.1, 0.15) is 0 Å². The van der Waals surface area contributed by atoms with Gasteiger partial charge in [-0.1, -0.05) is 19.8 Å². The summed E-state index contributed by atoms with van der Waals surface area (Å²) in [7, 11) is 3.26. The number of nitrogens with one attached hydrogen (secondary N) is 2. The molecule has 5 heteroatoms. The Morgan fingerprint density at radius 3 is 2.43 bits per heavy atom. The maximum absolute atomic E-state index is 5.46. The average Bonchev–Trinajstić information content (AvgIpc) is 2.96. The van der Waals surface area contributed by atoms with Crippen molar-refractivity contribution in [3.8, 4) is 11.5 Å². The molecule has 0 aliphatic heterocycles. The summed E-state index contributed by atoms with van der Waals surface area (Å²) in [5, 5.41) is 7.42. The lowest BCUT2D eigenvalue weighted by atomic mass is 9.95. The van der Waals surface area contributed by atoms with E-state index in [1.807, 2.05) is 18.2 Å². The number of hydrogen-bond acceptors (Lipinski definition) is 3. The second-order valence-corrected chi connectivity index (χ2v) is 5.90. The van der Waals surface area contributed by atoms with Crippen LogP contribution in [0.5, 0.6) is 11.5 Å². The molecule has 0 bridgehead atoms. The predicted molar refractivity (Wildman–Crippen MR) is 90.4 cm³/mol. The number of benzene rings is 1. The zero-order valence-electron chi connectivity index (χ0n) is 13.0. The standard InChI is InChI=1S/C16H24N2O2S/c1-4-16(9-5-6-10-16)18-15(21)17-12-7-8-13(19-2)14(11-12)20-3/h7-8,11H,4-6,9-10H2,1-3H3,(H2,17,18,21). The molecule has 0 saturated heterocycles. The first-order valence-corrected chi connectivity index (χ1v) is 7.84. The van der Waals surface area contributed by atoms with Crippen molar-refractivity contribution in [3.63, 3.8) is 0 Å². The molecule has 1 aromatic rings. The first-order chi connectivity index (χ1) is 10.1. The van der Waals surface area contributed by atoms with E-state index in [1.165, 1.54) is 25.7 Å². The zero-order chi connectivity index (χ0) is 15.3. The molecule has 0 unspecified atom stereocenters. The average molecular weight is 308 g/mol. The largest absolute Gasteiger partial charge is 0.493 e. The van der Waals surface area contributed by atoms with Crippen LogP contribution in [-0.2, 0) is 0 Å². The maximum atomic E-state index is 5.46. The van der Waals surface area contributed by atoms with Crippen molar-refractivity contribution in [3.05, 3.63) is 18.2 Å². The molecule has 0 heterocycles. The highest BCUT2D eigenvalue weighted by atomic mass is 32.1. The van der Waals surface area contributed by atoms with E-state index in [1.54, 1.807) is 14.2 Å². The van der Waals surface area contributed by atoms with Gasteiger partial charge in [-0.3, -0.25) is 0 Å². The molecule has 0 atom stereocenters. The predicted octanol–water partition coefficient (Wildman–Crippen LogP) is 3.71. The Morgan fingerprint density at radius 2 is 1.86 bits per heavy atom. The van der Waals surface area contributed by atoms with Crippen molar-refractivity contribution in [1.82, 2.24) is 5.32 Å². The summed E-state index contributed by atoms with van der Waals surface area (Å²) in [5.74, 6) is 1.40. The van der Waals surface area contributed by atoms with Gasteiger partial charge in [-0.05, 0) is 43.6 Å². The third kappa shape index (κ3) is 3.79. The summed E-state index contributed by atoms with van der Waals surface area (Å²) in [6.45, 7) is 2.22.